The van der Waals surface area contributed by atoms with Crippen molar-refractivity contribution in [1.82, 2.24) is 4.90 Å². The van der Waals surface area contributed by atoms with Crippen molar-refractivity contribution in [2.75, 3.05) is 13.2 Å². The molecule has 19 heavy (non-hydrogen) atoms. The molecule has 1 unspecified atom stereocenters. The van der Waals surface area contributed by atoms with E-state index in [0.29, 0.717) is 13.0 Å². The smallest absolute Gasteiger partial charge is 0.417 e. The molecule has 108 valence electrons. The SMILES string of the molecule is CCOC(=O)C1CCN(C(=O)OC(C)(C)C)C(=O)C1. The van der Waals surface area contributed by atoms with E-state index in [2.05, 4.69) is 0 Å². The molecule has 1 saturated heterocycles. The fourth-order valence-corrected chi connectivity index (χ4v) is 1.80. The Morgan fingerprint density at radius 1 is 1.37 bits per heavy atom. The van der Waals surface area contributed by atoms with Gasteiger partial charge in [-0.1, -0.05) is 0 Å². The van der Waals surface area contributed by atoms with Gasteiger partial charge in [0.15, 0.2) is 0 Å². The van der Waals surface area contributed by atoms with Crippen LogP contribution in [0.25, 0.3) is 0 Å². The molecule has 0 bridgehead atoms. The second kappa shape index (κ2) is 6.04. The van der Waals surface area contributed by atoms with Crippen molar-refractivity contribution in [2.24, 2.45) is 5.92 Å². The Labute approximate surface area is 113 Å². The summed E-state index contributed by atoms with van der Waals surface area (Å²) in [6.07, 6.45) is -0.234. The first-order valence-corrected chi connectivity index (χ1v) is 6.44. The first-order chi connectivity index (χ1) is 8.74. The molecule has 1 fully saturated rings. The minimum Gasteiger partial charge on any atom is -0.466 e. The molecule has 0 spiro atoms. The predicted octanol–water partition coefficient (Wildman–Crippen LogP) is 1.72. The molecule has 1 heterocycles. The molecule has 2 amide bonds. The second-order valence-corrected chi connectivity index (χ2v) is 5.47. The number of nitrogens with zero attached hydrogens (tertiary/aromatic N) is 1. The fourth-order valence-electron chi connectivity index (χ4n) is 1.80. The van der Waals surface area contributed by atoms with Crippen LogP contribution in [0.15, 0.2) is 0 Å². The maximum Gasteiger partial charge on any atom is 0.417 e. The predicted molar refractivity (Wildman–Crippen MR) is 67.3 cm³/mol. The molecule has 6 nitrogen and oxygen atoms in total. The van der Waals surface area contributed by atoms with Gasteiger partial charge in [0.25, 0.3) is 0 Å². The lowest BCUT2D eigenvalue weighted by Crippen LogP contribution is -2.46. The minimum atomic E-state index is -0.653. The van der Waals surface area contributed by atoms with Crippen molar-refractivity contribution >= 4 is 18.0 Å². The molecule has 0 radical (unpaired) electrons. The van der Waals surface area contributed by atoms with Gasteiger partial charge < -0.3 is 9.47 Å². The average Bonchev–Trinajstić information content (AvgIpc) is 2.26. The summed E-state index contributed by atoms with van der Waals surface area (Å²) < 4.78 is 10.0. The maximum atomic E-state index is 11.9. The summed E-state index contributed by atoms with van der Waals surface area (Å²) in [5.41, 5.74) is -0.643. The number of ether oxygens (including phenoxy) is 2. The zero-order valence-corrected chi connectivity index (χ0v) is 11.9. The molecule has 0 aromatic heterocycles. The summed E-state index contributed by atoms with van der Waals surface area (Å²) in [5, 5.41) is 0. The molecule has 1 aliphatic heterocycles. The lowest BCUT2D eigenvalue weighted by Gasteiger charge is -2.31. The lowest BCUT2D eigenvalue weighted by molar-refractivity contribution is -0.153. The highest BCUT2D eigenvalue weighted by Crippen LogP contribution is 2.21. The molecular formula is C13H21NO5. The Hall–Kier alpha value is -1.59. The van der Waals surface area contributed by atoms with Gasteiger partial charge in [0.05, 0.1) is 12.5 Å². The number of carbonyl (C=O) groups is 3. The van der Waals surface area contributed by atoms with Crippen LogP contribution in [0.2, 0.25) is 0 Å². The van der Waals surface area contributed by atoms with Crippen LogP contribution >= 0.6 is 0 Å². The van der Waals surface area contributed by atoms with Gasteiger partial charge in [0.2, 0.25) is 5.91 Å². The highest BCUT2D eigenvalue weighted by molar-refractivity contribution is 5.94. The van der Waals surface area contributed by atoms with Gasteiger partial charge in [-0.25, -0.2) is 9.69 Å². The summed E-state index contributed by atoms with van der Waals surface area (Å²) in [6, 6.07) is 0. The van der Waals surface area contributed by atoms with Crippen LogP contribution in [0.1, 0.15) is 40.5 Å². The van der Waals surface area contributed by atoms with Gasteiger partial charge in [0.1, 0.15) is 5.60 Å². The van der Waals surface area contributed by atoms with Crippen molar-refractivity contribution < 1.29 is 23.9 Å². The highest BCUT2D eigenvalue weighted by Gasteiger charge is 2.36. The summed E-state index contributed by atoms with van der Waals surface area (Å²) in [7, 11) is 0. The van der Waals surface area contributed by atoms with Crippen molar-refractivity contribution in [2.45, 2.75) is 46.1 Å². The van der Waals surface area contributed by atoms with E-state index in [1.807, 2.05) is 0 Å². The second-order valence-electron chi connectivity index (χ2n) is 5.47. The number of imide groups is 1. The topological polar surface area (TPSA) is 72.9 Å². The number of carbonyl (C=O) groups excluding carboxylic acids is 3. The summed E-state index contributed by atoms with van der Waals surface area (Å²) >= 11 is 0. The molecule has 1 atom stereocenters. The summed E-state index contributed by atoms with van der Waals surface area (Å²) in [5.74, 6) is -1.22. The zero-order chi connectivity index (χ0) is 14.6. The Kier molecular flexibility index (Phi) is 4.91. The van der Waals surface area contributed by atoms with Crippen LogP contribution < -0.4 is 0 Å². The fraction of sp³-hybridized carbons (Fsp3) is 0.769. The number of hydrogen-bond donors (Lipinski definition) is 0. The molecular weight excluding hydrogens is 250 g/mol. The van der Waals surface area contributed by atoms with Crippen LogP contribution in [-0.2, 0) is 19.1 Å². The summed E-state index contributed by atoms with van der Waals surface area (Å²) in [4.78, 5) is 36.2. The first kappa shape index (κ1) is 15.5. The monoisotopic (exact) mass is 271 g/mol. The number of amides is 2. The first-order valence-electron chi connectivity index (χ1n) is 6.44. The van der Waals surface area contributed by atoms with Crippen molar-refractivity contribution in [1.29, 1.82) is 0 Å². The van der Waals surface area contributed by atoms with Crippen LogP contribution in [0, 0.1) is 5.92 Å². The highest BCUT2D eigenvalue weighted by atomic mass is 16.6. The van der Waals surface area contributed by atoms with E-state index in [1.165, 1.54) is 0 Å². The van der Waals surface area contributed by atoms with Gasteiger partial charge in [-0.3, -0.25) is 9.59 Å². The number of likely N-dealkylation sites (tertiary alicyclic amines) is 1. The lowest BCUT2D eigenvalue weighted by atomic mass is 9.96. The Morgan fingerprint density at radius 3 is 2.47 bits per heavy atom. The third-order valence-corrected chi connectivity index (χ3v) is 2.66. The average molecular weight is 271 g/mol. The number of piperidine rings is 1. The van der Waals surface area contributed by atoms with Gasteiger partial charge in [-0.2, -0.15) is 0 Å². The van der Waals surface area contributed by atoms with E-state index in [4.69, 9.17) is 9.47 Å². The molecule has 6 heteroatoms. The van der Waals surface area contributed by atoms with E-state index < -0.39 is 23.5 Å². The van der Waals surface area contributed by atoms with Crippen LogP contribution in [0.4, 0.5) is 4.79 Å². The van der Waals surface area contributed by atoms with Gasteiger partial charge in [-0.05, 0) is 34.1 Å². The minimum absolute atomic E-state index is 0.00191. The van der Waals surface area contributed by atoms with Gasteiger partial charge >= 0.3 is 12.1 Å². The quantitative estimate of drug-likeness (QED) is 0.715. The molecule has 1 rings (SSSR count). The van der Waals surface area contributed by atoms with E-state index in [0.717, 1.165) is 4.90 Å². The van der Waals surface area contributed by atoms with Crippen LogP contribution in [-0.4, -0.2) is 41.6 Å². The third kappa shape index (κ3) is 4.54. The standard InChI is InChI=1S/C13H21NO5/c1-5-18-11(16)9-6-7-14(10(15)8-9)12(17)19-13(2,3)4/h9H,5-8H2,1-4H3. The normalized spacial score (nSPS) is 20.1. The Morgan fingerprint density at radius 2 is 2.00 bits per heavy atom. The third-order valence-electron chi connectivity index (χ3n) is 2.66. The molecule has 1 aliphatic rings. The van der Waals surface area contributed by atoms with Crippen LogP contribution in [0.5, 0.6) is 0 Å². The zero-order valence-electron chi connectivity index (χ0n) is 11.9. The Balaban J connectivity index is 2.57. The van der Waals surface area contributed by atoms with Gasteiger partial charge in [-0.15, -0.1) is 0 Å². The van der Waals surface area contributed by atoms with Crippen molar-refractivity contribution in [3.05, 3.63) is 0 Å². The van der Waals surface area contributed by atoms with Crippen molar-refractivity contribution in [3.63, 3.8) is 0 Å². The molecule has 0 aromatic carbocycles. The number of esters is 1. The number of rotatable bonds is 2. The van der Waals surface area contributed by atoms with E-state index >= 15 is 0 Å². The molecule has 0 aliphatic carbocycles. The molecule has 0 N–H and O–H groups in total. The van der Waals surface area contributed by atoms with Crippen molar-refractivity contribution in [3.8, 4) is 0 Å². The maximum absolute atomic E-state index is 11.9. The Bertz CT molecular complexity index is 372. The number of hydrogen-bond acceptors (Lipinski definition) is 5. The van der Waals surface area contributed by atoms with E-state index in [1.54, 1.807) is 27.7 Å². The largest absolute Gasteiger partial charge is 0.466 e. The molecule has 0 saturated carbocycles. The van der Waals surface area contributed by atoms with Gasteiger partial charge in [0, 0.05) is 13.0 Å². The van der Waals surface area contributed by atoms with Crippen LogP contribution in [0.3, 0.4) is 0 Å². The summed E-state index contributed by atoms with van der Waals surface area (Å²) in [6.45, 7) is 7.41. The molecule has 0 aromatic rings. The van der Waals surface area contributed by atoms with E-state index in [-0.39, 0.29) is 18.9 Å². The van der Waals surface area contributed by atoms with E-state index in [9.17, 15) is 14.4 Å².